The second kappa shape index (κ2) is 6.43. The lowest BCUT2D eigenvalue weighted by Crippen LogP contribution is -2.22. The number of methoxy groups -OCH3 is 1. The zero-order valence-corrected chi connectivity index (χ0v) is 12.5. The average molecular weight is 336 g/mol. The van der Waals surface area contributed by atoms with Crippen molar-refractivity contribution in [3.05, 3.63) is 58.1 Å². The van der Waals surface area contributed by atoms with E-state index in [4.69, 9.17) is 4.74 Å². The van der Waals surface area contributed by atoms with Crippen LogP contribution in [0.1, 0.15) is 15.9 Å². The maximum atomic E-state index is 12.0. The summed E-state index contributed by atoms with van der Waals surface area (Å²) in [6, 6.07) is 12.2. The molecule has 0 fully saturated rings. The SMILES string of the molecule is COc1cccc(CNC(=O)c2ccc(Br)cc2O)c1. The number of carbonyl (C=O) groups is 1. The molecule has 0 aliphatic heterocycles. The van der Waals surface area contributed by atoms with Crippen LogP contribution in [0.3, 0.4) is 0 Å². The number of amides is 1. The summed E-state index contributed by atoms with van der Waals surface area (Å²) in [5.74, 6) is 0.364. The molecule has 4 nitrogen and oxygen atoms in total. The quantitative estimate of drug-likeness (QED) is 0.902. The van der Waals surface area contributed by atoms with Gasteiger partial charge >= 0.3 is 0 Å². The van der Waals surface area contributed by atoms with E-state index in [1.807, 2.05) is 24.3 Å². The second-order valence-corrected chi connectivity index (χ2v) is 5.11. The van der Waals surface area contributed by atoms with Gasteiger partial charge in [-0.2, -0.15) is 0 Å². The van der Waals surface area contributed by atoms with Gasteiger partial charge in [-0.25, -0.2) is 0 Å². The molecule has 0 aliphatic carbocycles. The van der Waals surface area contributed by atoms with E-state index in [0.29, 0.717) is 6.54 Å². The minimum absolute atomic E-state index is 0.0532. The zero-order chi connectivity index (χ0) is 14.5. The molecule has 0 radical (unpaired) electrons. The van der Waals surface area contributed by atoms with Crippen molar-refractivity contribution < 1.29 is 14.6 Å². The molecule has 0 heterocycles. The van der Waals surface area contributed by atoms with E-state index in [2.05, 4.69) is 21.2 Å². The second-order valence-electron chi connectivity index (χ2n) is 4.20. The lowest BCUT2D eigenvalue weighted by atomic mass is 10.1. The highest BCUT2D eigenvalue weighted by Crippen LogP contribution is 2.22. The number of hydrogen-bond acceptors (Lipinski definition) is 3. The summed E-state index contributed by atoms with van der Waals surface area (Å²) in [4.78, 5) is 12.0. The van der Waals surface area contributed by atoms with Crippen molar-refractivity contribution in [2.45, 2.75) is 6.54 Å². The van der Waals surface area contributed by atoms with E-state index < -0.39 is 0 Å². The fraction of sp³-hybridized carbons (Fsp3) is 0.133. The van der Waals surface area contributed by atoms with Gasteiger partial charge in [0.2, 0.25) is 0 Å². The summed E-state index contributed by atoms with van der Waals surface area (Å²) < 4.78 is 5.84. The maximum Gasteiger partial charge on any atom is 0.255 e. The zero-order valence-electron chi connectivity index (χ0n) is 10.9. The highest BCUT2D eigenvalue weighted by Gasteiger charge is 2.10. The number of ether oxygens (including phenoxy) is 1. The van der Waals surface area contributed by atoms with Gasteiger partial charge in [0.15, 0.2) is 0 Å². The Balaban J connectivity index is 2.04. The molecule has 1 amide bonds. The summed E-state index contributed by atoms with van der Waals surface area (Å²) in [5, 5.41) is 12.5. The lowest BCUT2D eigenvalue weighted by Gasteiger charge is -2.08. The van der Waals surface area contributed by atoms with E-state index in [9.17, 15) is 9.90 Å². The molecule has 5 heteroatoms. The third-order valence-corrected chi connectivity index (χ3v) is 3.28. The fourth-order valence-electron chi connectivity index (χ4n) is 1.76. The molecule has 2 N–H and O–H groups in total. The monoisotopic (exact) mass is 335 g/mol. The van der Waals surface area contributed by atoms with Gasteiger partial charge < -0.3 is 15.2 Å². The van der Waals surface area contributed by atoms with E-state index in [-0.39, 0.29) is 17.2 Å². The number of nitrogens with one attached hydrogen (secondary N) is 1. The van der Waals surface area contributed by atoms with E-state index in [1.54, 1.807) is 19.2 Å². The number of benzene rings is 2. The molecule has 0 bridgehead atoms. The summed E-state index contributed by atoms with van der Waals surface area (Å²) >= 11 is 3.23. The molecule has 0 atom stereocenters. The molecule has 0 aliphatic rings. The average Bonchev–Trinajstić information content (AvgIpc) is 2.45. The van der Waals surface area contributed by atoms with Crippen LogP contribution in [0, 0.1) is 0 Å². The molecule has 20 heavy (non-hydrogen) atoms. The topological polar surface area (TPSA) is 58.6 Å². The van der Waals surface area contributed by atoms with Crippen molar-refractivity contribution >= 4 is 21.8 Å². The van der Waals surface area contributed by atoms with Gasteiger partial charge in [-0.15, -0.1) is 0 Å². The minimum atomic E-state index is -0.321. The molecule has 0 spiro atoms. The molecule has 2 aromatic carbocycles. The first-order chi connectivity index (χ1) is 9.60. The van der Waals surface area contributed by atoms with Crippen LogP contribution in [0.25, 0.3) is 0 Å². The predicted molar refractivity (Wildman–Crippen MR) is 80.0 cm³/mol. The van der Waals surface area contributed by atoms with Crippen molar-refractivity contribution in [2.24, 2.45) is 0 Å². The highest BCUT2D eigenvalue weighted by atomic mass is 79.9. The standard InChI is InChI=1S/C15H14BrNO3/c1-20-12-4-2-3-10(7-12)9-17-15(19)13-6-5-11(16)8-14(13)18/h2-8,18H,9H2,1H3,(H,17,19). The highest BCUT2D eigenvalue weighted by molar-refractivity contribution is 9.10. The number of halogens is 1. The Labute approximate surface area is 125 Å². The molecular weight excluding hydrogens is 322 g/mol. The van der Waals surface area contributed by atoms with Gasteiger partial charge in [0.1, 0.15) is 11.5 Å². The van der Waals surface area contributed by atoms with Crippen molar-refractivity contribution in [1.82, 2.24) is 5.32 Å². The van der Waals surface area contributed by atoms with Crippen LogP contribution < -0.4 is 10.1 Å². The lowest BCUT2D eigenvalue weighted by molar-refractivity contribution is 0.0948. The Bertz CT molecular complexity index is 628. The van der Waals surface area contributed by atoms with Gasteiger partial charge in [-0.05, 0) is 35.9 Å². The third-order valence-electron chi connectivity index (χ3n) is 2.79. The number of aromatic hydroxyl groups is 1. The predicted octanol–water partition coefficient (Wildman–Crippen LogP) is 3.09. The third kappa shape index (κ3) is 3.51. The number of rotatable bonds is 4. The first-order valence-corrected chi connectivity index (χ1v) is 6.79. The van der Waals surface area contributed by atoms with Crippen LogP contribution in [-0.2, 0) is 6.54 Å². The first kappa shape index (κ1) is 14.4. The van der Waals surface area contributed by atoms with Crippen LogP contribution in [0.15, 0.2) is 46.9 Å². The normalized spacial score (nSPS) is 10.1. The molecule has 0 saturated carbocycles. The van der Waals surface area contributed by atoms with Gasteiger partial charge in [0, 0.05) is 11.0 Å². The Morgan fingerprint density at radius 3 is 2.80 bits per heavy atom. The summed E-state index contributed by atoms with van der Waals surface area (Å²) in [5.41, 5.74) is 1.17. The molecule has 104 valence electrons. The Kier molecular flexibility index (Phi) is 4.63. The van der Waals surface area contributed by atoms with E-state index >= 15 is 0 Å². The number of hydrogen-bond donors (Lipinski definition) is 2. The number of carbonyl (C=O) groups excluding carboxylic acids is 1. The van der Waals surface area contributed by atoms with Gasteiger partial charge in [-0.3, -0.25) is 4.79 Å². The van der Waals surface area contributed by atoms with Crippen molar-refractivity contribution in [3.63, 3.8) is 0 Å². The Hall–Kier alpha value is -2.01. The van der Waals surface area contributed by atoms with Crippen LogP contribution in [0.5, 0.6) is 11.5 Å². The first-order valence-electron chi connectivity index (χ1n) is 6.00. The van der Waals surface area contributed by atoms with Crippen LogP contribution in [0.2, 0.25) is 0 Å². The van der Waals surface area contributed by atoms with Crippen molar-refractivity contribution in [2.75, 3.05) is 7.11 Å². The van der Waals surface area contributed by atoms with Crippen LogP contribution in [-0.4, -0.2) is 18.1 Å². The Morgan fingerprint density at radius 1 is 1.30 bits per heavy atom. The number of phenols is 1. The number of phenolic OH excluding ortho intramolecular Hbond substituents is 1. The molecule has 0 saturated heterocycles. The molecular formula is C15H14BrNO3. The van der Waals surface area contributed by atoms with Crippen molar-refractivity contribution in [3.8, 4) is 11.5 Å². The van der Waals surface area contributed by atoms with Crippen LogP contribution in [0.4, 0.5) is 0 Å². The molecule has 0 unspecified atom stereocenters. The van der Waals surface area contributed by atoms with Crippen molar-refractivity contribution in [1.29, 1.82) is 0 Å². The summed E-state index contributed by atoms with van der Waals surface area (Å²) in [7, 11) is 1.59. The molecule has 2 rings (SSSR count). The minimum Gasteiger partial charge on any atom is -0.507 e. The molecule has 0 aromatic heterocycles. The van der Waals surface area contributed by atoms with E-state index in [0.717, 1.165) is 15.8 Å². The smallest absolute Gasteiger partial charge is 0.255 e. The Morgan fingerprint density at radius 2 is 2.10 bits per heavy atom. The summed E-state index contributed by atoms with van der Waals surface area (Å²) in [6.45, 7) is 0.367. The van der Waals surface area contributed by atoms with Gasteiger partial charge in [0.05, 0.1) is 12.7 Å². The van der Waals surface area contributed by atoms with E-state index in [1.165, 1.54) is 6.07 Å². The summed E-state index contributed by atoms with van der Waals surface area (Å²) in [6.07, 6.45) is 0. The van der Waals surface area contributed by atoms with Gasteiger partial charge in [-0.1, -0.05) is 28.1 Å². The van der Waals surface area contributed by atoms with Crippen LogP contribution >= 0.6 is 15.9 Å². The molecule has 2 aromatic rings. The largest absolute Gasteiger partial charge is 0.507 e. The maximum absolute atomic E-state index is 12.0. The fourth-order valence-corrected chi connectivity index (χ4v) is 2.11. The van der Waals surface area contributed by atoms with Gasteiger partial charge in [0.25, 0.3) is 5.91 Å².